The molecule has 4 aromatic rings. The molecule has 2 amide bonds. The molecule has 0 radical (unpaired) electrons. The van der Waals surface area contributed by atoms with Crippen molar-refractivity contribution >= 4 is 39.4 Å². The number of fused-ring (bicyclic) bond motifs is 2. The summed E-state index contributed by atoms with van der Waals surface area (Å²) >= 11 is 0. The van der Waals surface area contributed by atoms with Crippen LogP contribution in [0.3, 0.4) is 0 Å². The smallest absolute Gasteiger partial charge is 0.272 e. The lowest BCUT2D eigenvalue weighted by Crippen LogP contribution is -2.33. The van der Waals surface area contributed by atoms with E-state index >= 15 is 0 Å². The van der Waals surface area contributed by atoms with E-state index in [4.69, 9.17) is 4.52 Å². The molecule has 3 heterocycles. The molecule has 1 saturated carbocycles. The zero-order chi connectivity index (χ0) is 25.6. The number of hydrogen-bond acceptors (Lipinski definition) is 7. The van der Waals surface area contributed by atoms with Crippen LogP contribution in [0.25, 0.3) is 21.9 Å². The SMILES string of the molecule is CC(C)(C)Cc1noc2nc(C3CC3)cc(C(=O)NCC(=O)Nc3cccc4c(=O)[nH][nH]c(=O)c34)c12. The van der Waals surface area contributed by atoms with Gasteiger partial charge in [-0.1, -0.05) is 32.0 Å². The van der Waals surface area contributed by atoms with Crippen molar-refractivity contribution in [3.05, 3.63) is 61.9 Å². The van der Waals surface area contributed by atoms with E-state index in [0.29, 0.717) is 28.8 Å². The van der Waals surface area contributed by atoms with Crippen LogP contribution in [0, 0.1) is 5.41 Å². The van der Waals surface area contributed by atoms with Gasteiger partial charge < -0.3 is 15.2 Å². The zero-order valence-electron chi connectivity index (χ0n) is 20.2. The fourth-order valence-corrected chi connectivity index (χ4v) is 4.20. The molecule has 0 atom stereocenters. The Balaban J connectivity index is 1.39. The van der Waals surface area contributed by atoms with Gasteiger partial charge in [-0.3, -0.25) is 29.4 Å². The van der Waals surface area contributed by atoms with Gasteiger partial charge in [0.2, 0.25) is 5.91 Å². The largest absolute Gasteiger partial charge is 0.343 e. The quantitative estimate of drug-likeness (QED) is 0.323. The number of nitrogens with zero attached hydrogens (tertiary/aromatic N) is 2. The van der Waals surface area contributed by atoms with Crippen LogP contribution in [0.1, 0.15) is 61.3 Å². The van der Waals surface area contributed by atoms with E-state index in [0.717, 1.165) is 18.5 Å². The molecule has 0 unspecified atom stereocenters. The minimum Gasteiger partial charge on any atom is -0.343 e. The molecule has 11 heteroatoms. The second kappa shape index (κ2) is 8.74. The van der Waals surface area contributed by atoms with Gasteiger partial charge in [0.1, 0.15) is 0 Å². The highest BCUT2D eigenvalue weighted by Gasteiger charge is 2.30. The van der Waals surface area contributed by atoms with Gasteiger partial charge in [-0.05, 0) is 42.9 Å². The Hall–Kier alpha value is -4.28. The van der Waals surface area contributed by atoms with Gasteiger partial charge >= 0.3 is 0 Å². The second-order valence-electron chi connectivity index (χ2n) is 10.3. The first-order valence-corrected chi connectivity index (χ1v) is 11.7. The molecule has 1 aliphatic carbocycles. The minimum atomic E-state index is -0.552. The van der Waals surface area contributed by atoms with E-state index in [9.17, 15) is 19.2 Å². The summed E-state index contributed by atoms with van der Waals surface area (Å²) < 4.78 is 5.49. The molecule has 1 aromatic carbocycles. The van der Waals surface area contributed by atoms with Crippen molar-refractivity contribution in [2.75, 3.05) is 11.9 Å². The molecule has 1 aliphatic rings. The summed E-state index contributed by atoms with van der Waals surface area (Å²) in [5.74, 6) is -0.721. The third kappa shape index (κ3) is 4.64. The summed E-state index contributed by atoms with van der Waals surface area (Å²) in [6.07, 6.45) is 2.58. The number of carbonyl (C=O) groups excluding carboxylic acids is 2. The Morgan fingerprint density at radius 2 is 1.86 bits per heavy atom. The van der Waals surface area contributed by atoms with Crippen molar-refractivity contribution in [1.82, 2.24) is 25.7 Å². The number of pyridine rings is 1. The Bertz CT molecular complexity index is 1620. The Kier molecular flexibility index (Phi) is 5.70. The van der Waals surface area contributed by atoms with Gasteiger partial charge in [0.25, 0.3) is 22.7 Å². The van der Waals surface area contributed by atoms with Crippen LogP contribution in [0.4, 0.5) is 5.69 Å². The molecule has 5 rings (SSSR count). The van der Waals surface area contributed by atoms with E-state index in [-0.39, 0.29) is 34.3 Å². The first-order chi connectivity index (χ1) is 17.1. The summed E-state index contributed by atoms with van der Waals surface area (Å²) in [4.78, 5) is 54.7. The van der Waals surface area contributed by atoms with Crippen molar-refractivity contribution in [2.45, 2.75) is 46.0 Å². The molecule has 11 nitrogen and oxygen atoms in total. The number of nitrogens with one attached hydrogen (secondary N) is 4. The number of amides is 2. The summed E-state index contributed by atoms with van der Waals surface area (Å²) in [7, 11) is 0. The van der Waals surface area contributed by atoms with E-state index in [1.165, 1.54) is 12.1 Å². The lowest BCUT2D eigenvalue weighted by molar-refractivity contribution is -0.115. The monoisotopic (exact) mass is 490 g/mol. The Morgan fingerprint density at radius 1 is 1.11 bits per heavy atom. The molecular formula is C25H26N6O5. The standard InChI is InChI=1S/C25H26N6O5/c1-25(2,3)10-17-20-14(9-16(12-7-8-12)28-24(20)36-31-17)21(33)26-11-18(32)27-15-6-4-5-13-19(15)23(35)30-29-22(13)34/h4-6,9,12H,7-8,10-11H2,1-3H3,(H,26,33)(H,27,32)(H,29,34)(H,30,35). The minimum absolute atomic E-state index is 0.0575. The van der Waals surface area contributed by atoms with E-state index in [2.05, 4.69) is 51.7 Å². The predicted molar refractivity (Wildman–Crippen MR) is 133 cm³/mol. The molecule has 3 aromatic heterocycles. The molecule has 186 valence electrons. The average Bonchev–Trinajstić information content (AvgIpc) is 3.60. The second-order valence-corrected chi connectivity index (χ2v) is 10.3. The van der Waals surface area contributed by atoms with Gasteiger partial charge in [0.15, 0.2) is 0 Å². The third-order valence-electron chi connectivity index (χ3n) is 5.98. The number of H-pyrrole nitrogens is 2. The molecule has 1 fully saturated rings. The van der Waals surface area contributed by atoms with Crippen LogP contribution in [0.5, 0.6) is 0 Å². The molecule has 0 saturated heterocycles. The fourth-order valence-electron chi connectivity index (χ4n) is 4.20. The van der Waals surface area contributed by atoms with Crippen molar-refractivity contribution in [3.8, 4) is 0 Å². The highest BCUT2D eigenvalue weighted by Crippen LogP contribution is 2.41. The zero-order valence-corrected chi connectivity index (χ0v) is 20.2. The Morgan fingerprint density at radius 3 is 2.58 bits per heavy atom. The number of anilines is 1. The summed E-state index contributed by atoms with van der Waals surface area (Å²) in [5.41, 5.74) is 1.14. The predicted octanol–water partition coefficient (Wildman–Crippen LogP) is 2.59. The third-order valence-corrected chi connectivity index (χ3v) is 5.98. The number of hydrogen-bond donors (Lipinski definition) is 4. The number of aromatic amines is 2. The first-order valence-electron chi connectivity index (χ1n) is 11.7. The van der Waals surface area contributed by atoms with E-state index < -0.39 is 22.9 Å². The Labute approximate surface area is 204 Å². The van der Waals surface area contributed by atoms with Crippen LogP contribution in [-0.2, 0) is 11.2 Å². The summed E-state index contributed by atoms with van der Waals surface area (Å²) in [6.45, 7) is 5.85. The lowest BCUT2D eigenvalue weighted by atomic mass is 9.89. The van der Waals surface area contributed by atoms with Gasteiger partial charge in [-0.15, -0.1) is 0 Å². The van der Waals surface area contributed by atoms with Gasteiger partial charge in [0, 0.05) is 11.6 Å². The molecule has 4 N–H and O–H groups in total. The maximum Gasteiger partial charge on any atom is 0.272 e. The molecule has 36 heavy (non-hydrogen) atoms. The molecule has 0 spiro atoms. The van der Waals surface area contributed by atoms with Gasteiger partial charge in [-0.25, -0.2) is 4.98 Å². The molecule has 0 aliphatic heterocycles. The highest BCUT2D eigenvalue weighted by molar-refractivity contribution is 6.08. The number of aromatic nitrogens is 4. The van der Waals surface area contributed by atoms with Crippen molar-refractivity contribution in [1.29, 1.82) is 0 Å². The summed E-state index contributed by atoms with van der Waals surface area (Å²) in [6, 6.07) is 6.32. The van der Waals surface area contributed by atoms with Crippen LogP contribution in [0.2, 0.25) is 0 Å². The topological polar surface area (TPSA) is 163 Å². The maximum absolute atomic E-state index is 13.2. The lowest BCUT2D eigenvalue weighted by Gasteiger charge is -2.16. The van der Waals surface area contributed by atoms with Crippen LogP contribution in [-0.4, -0.2) is 38.7 Å². The summed E-state index contributed by atoms with van der Waals surface area (Å²) in [5, 5.41) is 14.7. The van der Waals surface area contributed by atoms with Crippen LogP contribution in [0.15, 0.2) is 38.4 Å². The average molecular weight is 491 g/mol. The van der Waals surface area contributed by atoms with Gasteiger partial charge in [0.05, 0.1) is 39.6 Å². The molecule has 0 bridgehead atoms. The first kappa shape index (κ1) is 23.5. The fraction of sp³-hybridized carbons (Fsp3) is 0.360. The number of carbonyl (C=O) groups is 2. The van der Waals surface area contributed by atoms with E-state index in [1.807, 2.05) is 0 Å². The highest BCUT2D eigenvalue weighted by atomic mass is 16.5. The van der Waals surface area contributed by atoms with Crippen LogP contribution < -0.4 is 21.8 Å². The molecular weight excluding hydrogens is 464 g/mol. The van der Waals surface area contributed by atoms with Crippen molar-refractivity contribution in [3.63, 3.8) is 0 Å². The van der Waals surface area contributed by atoms with Crippen molar-refractivity contribution < 1.29 is 14.1 Å². The number of rotatable bonds is 6. The maximum atomic E-state index is 13.2. The normalized spacial score (nSPS) is 13.8. The van der Waals surface area contributed by atoms with Crippen LogP contribution >= 0.6 is 0 Å². The van der Waals surface area contributed by atoms with E-state index in [1.54, 1.807) is 12.1 Å². The number of benzene rings is 1. The van der Waals surface area contributed by atoms with Crippen molar-refractivity contribution in [2.24, 2.45) is 5.41 Å². The van der Waals surface area contributed by atoms with Gasteiger partial charge in [-0.2, -0.15) is 0 Å².